The SMILES string of the molecule is CC(C)N(CCCCC(N)=NO)CC1CC1. The first kappa shape index (κ1) is 13.3. The highest BCUT2D eigenvalue weighted by atomic mass is 16.4. The third kappa shape index (κ3) is 5.35. The van der Waals surface area contributed by atoms with E-state index in [-0.39, 0.29) is 0 Å². The molecule has 4 nitrogen and oxygen atoms in total. The zero-order valence-corrected chi connectivity index (χ0v) is 10.5. The minimum absolute atomic E-state index is 0.346. The van der Waals surface area contributed by atoms with Crippen molar-refractivity contribution in [2.45, 2.75) is 52.0 Å². The average Bonchev–Trinajstić information content (AvgIpc) is 3.05. The molecule has 0 aromatic carbocycles. The molecule has 0 saturated heterocycles. The maximum atomic E-state index is 8.41. The van der Waals surface area contributed by atoms with Gasteiger partial charge in [0.2, 0.25) is 0 Å². The highest BCUT2D eigenvalue weighted by Crippen LogP contribution is 2.30. The Bertz CT molecular complexity index is 224. The molecule has 0 amide bonds. The summed E-state index contributed by atoms with van der Waals surface area (Å²) in [6.45, 7) is 6.89. The van der Waals surface area contributed by atoms with Crippen LogP contribution >= 0.6 is 0 Å². The Morgan fingerprint density at radius 3 is 2.62 bits per heavy atom. The van der Waals surface area contributed by atoms with Crippen molar-refractivity contribution in [2.24, 2.45) is 16.8 Å². The van der Waals surface area contributed by atoms with Crippen LogP contribution in [0.2, 0.25) is 0 Å². The van der Waals surface area contributed by atoms with Gasteiger partial charge in [-0.2, -0.15) is 0 Å². The van der Waals surface area contributed by atoms with Gasteiger partial charge < -0.3 is 15.8 Å². The molecule has 1 fully saturated rings. The second-order valence-electron chi connectivity index (χ2n) is 5.08. The number of unbranched alkanes of at least 4 members (excludes halogenated alkanes) is 1. The molecular formula is C12H25N3O. The van der Waals surface area contributed by atoms with Gasteiger partial charge in [-0.3, -0.25) is 0 Å². The second kappa shape index (κ2) is 6.74. The molecule has 0 aromatic heterocycles. The van der Waals surface area contributed by atoms with E-state index in [1.54, 1.807) is 0 Å². The number of hydrogen-bond acceptors (Lipinski definition) is 3. The van der Waals surface area contributed by atoms with E-state index in [1.165, 1.54) is 19.4 Å². The molecule has 1 aliphatic carbocycles. The normalized spacial score (nSPS) is 17.4. The molecule has 0 aliphatic heterocycles. The first-order chi connectivity index (χ1) is 7.63. The Labute approximate surface area is 98.5 Å². The van der Waals surface area contributed by atoms with Gasteiger partial charge in [0.1, 0.15) is 5.84 Å². The molecule has 1 saturated carbocycles. The number of nitrogens with two attached hydrogens (primary N) is 1. The smallest absolute Gasteiger partial charge is 0.139 e. The minimum Gasteiger partial charge on any atom is -0.409 e. The first-order valence-electron chi connectivity index (χ1n) is 6.34. The van der Waals surface area contributed by atoms with Crippen molar-refractivity contribution in [3.05, 3.63) is 0 Å². The second-order valence-corrected chi connectivity index (χ2v) is 5.08. The number of amidine groups is 1. The molecule has 0 bridgehead atoms. The first-order valence-corrected chi connectivity index (χ1v) is 6.34. The van der Waals surface area contributed by atoms with Crippen molar-refractivity contribution in [3.63, 3.8) is 0 Å². The van der Waals surface area contributed by atoms with Gasteiger partial charge in [0, 0.05) is 19.0 Å². The number of hydrogen-bond donors (Lipinski definition) is 2. The third-order valence-corrected chi connectivity index (χ3v) is 3.18. The van der Waals surface area contributed by atoms with Crippen LogP contribution in [0.5, 0.6) is 0 Å². The maximum Gasteiger partial charge on any atom is 0.139 e. The minimum atomic E-state index is 0.346. The predicted molar refractivity (Wildman–Crippen MR) is 66.7 cm³/mol. The van der Waals surface area contributed by atoms with Gasteiger partial charge in [-0.05, 0) is 52.0 Å². The van der Waals surface area contributed by atoms with E-state index in [4.69, 9.17) is 10.9 Å². The molecule has 0 heterocycles. The van der Waals surface area contributed by atoms with Crippen LogP contribution in [-0.2, 0) is 0 Å². The largest absolute Gasteiger partial charge is 0.409 e. The molecule has 94 valence electrons. The molecule has 0 spiro atoms. The Kier molecular flexibility index (Phi) is 5.60. The standard InChI is InChI=1S/C12H25N3O/c1-10(2)15(9-11-6-7-11)8-4-3-5-12(13)14-16/h10-11,16H,3-9H2,1-2H3,(H2,13,14). The summed E-state index contributed by atoms with van der Waals surface area (Å²) < 4.78 is 0. The lowest BCUT2D eigenvalue weighted by atomic mass is 10.2. The Balaban J connectivity index is 2.11. The van der Waals surface area contributed by atoms with Crippen LogP contribution in [0, 0.1) is 5.92 Å². The molecule has 16 heavy (non-hydrogen) atoms. The summed E-state index contributed by atoms with van der Waals surface area (Å²) in [6, 6.07) is 0.629. The number of nitrogens with zero attached hydrogens (tertiary/aromatic N) is 2. The highest BCUT2D eigenvalue weighted by Gasteiger charge is 2.24. The summed E-state index contributed by atoms with van der Waals surface area (Å²) >= 11 is 0. The van der Waals surface area contributed by atoms with Crippen molar-refractivity contribution in [1.82, 2.24) is 4.90 Å². The van der Waals surface area contributed by atoms with E-state index in [1.807, 2.05) is 0 Å². The van der Waals surface area contributed by atoms with E-state index < -0.39 is 0 Å². The van der Waals surface area contributed by atoms with Crippen molar-refractivity contribution >= 4 is 5.84 Å². The summed E-state index contributed by atoms with van der Waals surface area (Å²) in [5.41, 5.74) is 5.43. The fourth-order valence-corrected chi connectivity index (χ4v) is 1.86. The van der Waals surface area contributed by atoms with Gasteiger partial charge in [-0.1, -0.05) is 5.16 Å². The molecular weight excluding hydrogens is 202 g/mol. The van der Waals surface area contributed by atoms with Gasteiger partial charge in [-0.15, -0.1) is 0 Å². The van der Waals surface area contributed by atoms with Crippen LogP contribution in [0.25, 0.3) is 0 Å². The van der Waals surface area contributed by atoms with E-state index in [9.17, 15) is 0 Å². The monoisotopic (exact) mass is 227 g/mol. The number of oxime groups is 1. The van der Waals surface area contributed by atoms with Crippen molar-refractivity contribution < 1.29 is 5.21 Å². The van der Waals surface area contributed by atoms with E-state index in [2.05, 4.69) is 23.9 Å². The fourth-order valence-electron chi connectivity index (χ4n) is 1.86. The molecule has 0 radical (unpaired) electrons. The molecule has 3 N–H and O–H groups in total. The Morgan fingerprint density at radius 1 is 1.44 bits per heavy atom. The van der Waals surface area contributed by atoms with Crippen molar-refractivity contribution in [3.8, 4) is 0 Å². The van der Waals surface area contributed by atoms with E-state index in [0.29, 0.717) is 18.3 Å². The Morgan fingerprint density at radius 2 is 2.12 bits per heavy atom. The van der Waals surface area contributed by atoms with Crippen LogP contribution in [-0.4, -0.2) is 35.1 Å². The summed E-state index contributed by atoms with van der Waals surface area (Å²) in [5.74, 6) is 1.30. The van der Waals surface area contributed by atoms with Gasteiger partial charge in [0.15, 0.2) is 0 Å². The van der Waals surface area contributed by atoms with Crippen molar-refractivity contribution in [1.29, 1.82) is 0 Å². The predicted octanol–water partition coefficient (Wildman–Crippen LogP) is 2.02. The van der Waals surface area contributed by atoms with Gasteiger partial charge >= 0.3 is 0 Å². The fraction of sp³-hybridized carbons (Fsp3) is 0.917. The lowest BCUT2D eigenvalue weighted by Crippen LogP contribution is -2.33. The molecule has 4 heteroatoms. The summed E-state index contributed by atoms with van der Waals surface area (Å²) in [7, 11) is 0. The summed E-state index contributed by atoms with van der Waals surface area (Å²) in [5, 5.41) is 11.4. The highest BCUT2D eigenvalue weighted by molar-refractivity contribution is 5.79. The van der Waals surface area contributed by atoms with E-state index >= 15 is 0 Å². The topological polar surface area (TPSA) is 61.8 Å². The summed E-state index contributed by atoms with van der Waals surface area (Å²) in [4.78, 5) is 2.55. The zero-order chi connectivity index (χ0) is 12.0. The molecule has 0 atom stereocenters. The quantitative estimate of drug-likeness (QED) is 0.219. The van der Waals surface area contributed by atoms with Gasteiger partial charge in [0.05, 0.1) is 0 Å². The molecule has 1 rings (SSSR count). The Hall–Kier alpha value is -0.770. The lowest BCUT2D eigenvalue weighted by Gasteiger charge is -2.26. The van der Waals surface area contributed by atoms with Crippen LogP contribution < -0.4 is 5.73 Å². The van der Waals surface area contributed by atoms with Gasteiger partial charge in [-0.25, -0.2) is 0 Å². The molecule has 0 unspecified atom stereocenters. The summed E-state index contributed by atoms with van der Waals surface area (Å²) in [6.07, 6.45) is 5.65. The van der Waals surface area contributed by atoms with Crippen LogP contribution in [0.15, 0.2) is 5.16 Å². The van der Waals surface area contributed by atoms with Crippen LogP contribution in [0.4, 0.5) is 0 Å². The average molecular weight is 227 g/mol. The maximum absolute atomic E-state index is 8.41. The lowest BCUT2D eigenvalue weighted by molar-refractivity contribution is 0.209. The van der Waals surface area contributed by atoms with E-state index in [0.717, 1.165) is 25.3 Å². The zero-order valence-electron chi connectivity index (χ0n) is 10.5. The third-order valence-electron chi connectivity index (χ3n) is 3.18. The van der Waals surface area contributed by atoms with Crippen molar-refractivity contribution in [2.75, 3.05) is 13.1 Å². The molecule has 1 aliphatic rings. The van der Waals surface area contributed by atoms with Crippen LogP contribution in [0.1, 0.15) is 46.0 Å². The van der Waals surface area contributed by atoms with Crippen LogP contribution in [0.3, 0.4) is 0 Å². The van der Waals surface area contributed by atoms with Gasteiger partial charge in [0.25, 0.3) is 0 Å². The molecule has 0 aromatic rings. The number of rotatable bonds is 8.